The van der Waals surface area contributed by atoms with Crippen LogP contribution in [0.2, 0.25) is 0 Å². The van der Waals surface area contributed by atoms with Gasteiger partial charge in [0.05, 0.1) is 11.6 Å². The molecule has 38 heavy (non-hydrogen) atoms. The molecule has 0 radical (unpaired) electrons. The third-order valence-corrected chi connectivity index (χ3v) is 7.24. The van der Waals surface area contributed by atoms with Crippen molar-refractivity contribution in [2.24, 2.45) is 5.92 Å². The van der Waals surface area contributed by atoms with Crippen molar-refractivity contribution >= 4 is 23.8 Å². The second kappa shape index (κ2) is 11.9. The van der Waals surface area contributed by atoms with Gasteiger partial charge in [0.15, 0.2) is 0 Å². The molecule has 2 amide bonds. The molecule has 1 aromatic heterocycles. The third-order valence-electron chi connectivity index (χ3n) is 7.24. The van der Waals surface area contributed by atoms with Crippen molar-refractivity contribution in [3.63, 3.8) is 0 Å². The van der Waals surface area contributed by atoms with Crippen LogP contribution in [-0.2, 0) is 16.1 Å². The number of nitrogens with one attached hydrogen (secondary N) is 1. The number of hydrogen-bond donors (Lipinski definition) is 1. The molecule has 9 nitrogen and oxygen atoms in total. The Hall–Kier alpha value is -3.46. The first-order valence-electron chi connectivity index (χ1n) is 13.5. The van der Waals surface area contributed by atoms with Gasteiger partial charge in [0.25, 0.3) is 0 Å². The van der Waals surface area contributed by atoms with E-state index >= 15 is 0 Å². The minimum absolute atomic E-state index is 0.00986. The van der Waals surface area contributed by atoms with E-state index in [1.807, 2.05) is 18.7 Å². The highest BCUT2D eigenvalue weighted by Crippen LogP contribution is 2.31. The number of nitrogens with zero attached hydrogens (tertiary/aromatic N) is 5. The lowest BCUT2D eigenvalue weighted by atomic mass is 9.93. The fourth-order valence-corrected chi connectivity index (χ4v) is 5.14. The van der Waals surface area contributed by atoms with Crippen LogP contribution in [0.25, 0.3) is 0 Å². The van der Waals surface area contributed by atoms with Gasteiger partial charge in [-0.2, -0.15) is 4.98 Å². The van der Waals surface area contributed by atoms with Crippen LogP contribution in [0.5, 0.6) is 0 Å². The molecule has 2 aromatic rings. The van der Waals surface area contributed by atoms with E-state index in [1.165, 1.54) is 11.6 Å². The maximum atomic E-state index is 12.3. The fourth-order valence-electron chi connectivity index (χ4n) is 5.14. The molecular formula is C29H40N6O3. The van der Waals surface area contributed by atoms with E-state index in [-0.39, 0.29) is 30.7 Å². The molecule has 3 heterocycles. The summed E-state index contributed by atoms with van der Waals surface area (Å²) in [5.41, 5.74) is 3.21. The number of aromatic nitrogens is 2. The number of hydrogen-bond acceptors (Lipinski definition) is 7. The second-order valence-corrected chi connectivity index (χ2v) is 10.8. The van der Waals surface area contributed by atoms with Crippen LogP contribution in [0.1, 0.15) is 69.8 Å². The normalized spacial score (nSPS) is 17.7. The maximum absolute atomic E-state index is 12.3. The molecule has 0 spiro atoms. The van der Waals surface area contributed by atoms with Crippen molar-refractivity contribution in [1.82, 2.24) is 19.8 Å². The maximum Gasteiger partial charge on any atom is 0.416 e. The minimum Gasteiger partial charge on any atom is -0.444 e. The van der Waals surface area contributed by atoms with Gasteiger partial charge in [-0.25, -0.2) is 9.78 Å². The van der Waals surface area contributed by atoms with Crippen molar-refractivity contribution in [2.75, 3.05) is 36.4 Å². The van der Waals surface area contributed by atoms with E-state index in [9.17, 15) is 9.59 Å². The Bertz CT molecular complexity index is 1140. The summed E-state index contributed by atoms with van der Waals surface area (Å²) in [5.74, 6) is 1.64. The van der Waals surface area contributed by atoms with Gasteiger partial charge in [0, 0.05) is 44.5 Å². The molecule has 1 fully saturated rings. The van der Waals surface area contributed by atoms with Crippen molar-refractivity contribution in [2.45, 2.75) is 65.8 Å². The zero-order valence-corrected chi connectivity index (χ0v) is 23.2. The Morgan fingerprint density at radius 1 is 1.08 bits per heavy atom. The molecule has 204 valence electrons. The molecule has 1 unspecified atom stereocenters. The van der Waals surface area contributed by atoms with Crippen LogP contribution in [0.15, 0.2) is 43.1 Å². The number of ether oxygens (including phenoxy) is 1. The Labute approximate surface area is 225 Å². The van der Waals surface area contributed by atoms with E-state index in [0.29, 0.717) is 23.7 Å². The minimum atomic E-state index is -0.384. The third kappa shape index (κ3) is 6.15. The van der Waals surface area contributed by atoms with E-state index in [2.05, 4.69) is 71.8 Å². The van der Waals surface area contributed by atoms with Crippen molar-refractivity contribution in [3.05, 3.63) is 59.8 Å². The molecule has 4 rings (SSSR count). The Balaban J connectivity index is 1.46. The van der Waals surface area contributed by atoms with E-state index in [0.717, 1.165) is 43.7 Å². The van der Waals surface area contributed by atoms with Gasteiger partial charge < -0.3 is 15.0 Å². The topological polar surface area (TPSA) is 90.9 Å². The van der Waals surface area contributed by atoms with E-state index in [4.69, 9.17) is 4.74 Å². The zero-order valence-electron chi connectivity index (χ0n) is 23.2. The Morgan fingerprint density at radius 2 is 1.74 bits per heavy atom. The molecule has 2 atom stereocenters. The van der Waals surface area contributed by atoms with E-state index < -0.39 is 0 Å². The summed E-state index contributed by atoms with van der Waals surface area (Å²) in [5, 5.41) is 3.39. The Morgan fingerprint density at radius 3 is 2.34 bits per heavy atom. The summed E-state index contributed by atoms with van der Waals surface area (Å²) in [6.07, 6.45) is 3.80. The monoisotopic (exact) mass is 520 g/mol. The smallest absolute Gasteiger partial charge is 0.416 e. The lowest BCUT2D eigenvalue weighted by Gasteiger charge is -2.40. The molecular weight excluding hydrogens is 480 g/mol. The summed E-state index contributed by atoms with van der Waals surface area (Å²) < 4.78 is 5.25. The quantitative estimate of drug-likeness (QED) is 0.469. The standard InChI is InChI=1S/C29H40N6O3/c1-7-26(36)34-14-12-33(13-15-34)25(16-19(2)3)23-10-8-22(9-11-23)21(6)31-28-30-17-24-18-38-29(37)35(20(4)5)27(24)32-28/h7-11,17,19-21,25H,1,12-16,18H2,2-6H3,(H,30,31,32)/t21-,25?/m0/s1. The summed E-state index contributed by atoms with van der Waals surface area (Å²) in [4.78, 5) is 39.3. The summed E-state index contributed by atoms with van der Waals surface area (Å²) in [7, 11) is 0. The van der Waals surface area contributed by atoms with Gasteiger partial charge in [-0.1, -0.05) is 44.7 Å². The lowest BCUT2D eigenvalue weighted by Crippen LogP contribution is -2.49. The number of piperazine rings is 1. The number of amides is 2. The number of cyclic esters (lactones) is 1. The highest BCUT2D eigenvalue weighted by Gasteiger charge is 2.30. The van der Waals surface area contributed by atoms with E-state index in [1.54, 1.807) is 11.1 Å². The van der Waals surface area contributed by atoms with Crippen LogP contribution in [0.4, 0.5) is 16.6 Å². The number of carbonyl (C=O) groups is 2. The first kappa shape index (κ1) is 27.6. The molecule has 1 saturated heterocycles. The molecule has 1 aromatic carbocycles. The SMILES string of the molecule is C=CC(=O)N1CCN(C(CC(C)C)c2ccc([C@H](C)Nc3ncc4c(n3)N(C(C)C)C(=O)OC4)cc2)CC1. The van der Waals surface area contributed by atoms with Gasteiger partial charge in [-0.3, -0.25) is 14.6 Å². The predicted molar refractivity (Wildman–Crippen MR) is 149 cm³/mol. The largest absolute Gasteiger partial charge is 0.444 e. The molecule has 0 bridgehead atoms. The second-order valence-electron chi connectivity index (χ2n) is 10.8. The molecule has 0 aliphatic carbocycles. The van der Waals surface area contributed by atoms with Crippen molar-refractivity contribution in [3.8, 4) is 0 Å². The summed E-state index contributed by atoms with van der Waals surface area (Å²) in [6.45, 7) is 17.4. The van der Waals surface area contributed by atoms with Crippen molar-refractivity contribution < 1.29 is 14.3 Å². The Kier molecular flexibility index (Phi) is 8.66. The zero-order chi connectivity index (χ0) is 27.4. The molecule has 9 heteroatoms. The van der Waals surface area contributed by atoms with Gasteiger partial charge in [0.1, 0.15) is 12.4 Å². The summed E-state index contributed by atoms with van der Waals surface area (Å²) >= 11 is 0. The van der Waals surface area contributed by atoms with Gasteiger partial charge >= 0.3 is 6.09 Å². The van der Waals surface area contributed by atoms with Crippen LogP contribution in [0.3, 0.4) is 0 Å². The predicted octanol–water partition coefficient (Wildman–Crippen LogP) is 4.93. The van der Waals surface area contributed by atoms with Crippen LogP contribution >= 0.6 is 0 Å². The van der Waals surface area contributed by atoms with Crippen LogP contribution in [-0.4, -0.2) is 64.0 Å². The molecule has 2 aliphatic heterocycles. The number of rotatable bonds is 9. The molecule has 1 N–H and O–H groups in total. The van der Waals surface area contributed by atoms with Gasteiger partial charge in [-0.05, 0) is 50.3 Å². The molecule has 2 aliphatic rings. The average Bonchev–Trinajstić information content (AvgIpc) is 2.91. The average molecular weight is 521 g/mol. The molecule has 0 saturated carbocycles. The number of fused-ring (bicyclic) bond motifs is 1. The summed E-state index contributed by atoms with van der Waals surface area (Å²) in [6, 6.07) is 8.96. The van der Waals surface area contributed by atoms with Crippen molar-refractivity contribution in [1.29, 1.82) is 0 Å². The number of anilines is 2. The number of benzene rings is 1. The highest BCUT2D eigenvalue weighted by atomic mass is 16.6. The number of carbonyl (C=O) groups excluding carboxylic acids is 2. The fraction of sp³-hybridized carbons (Fsp3) is 0.517. The highest BCUT2D eigenvalue weighted by molar-refractivity contribution is 5.89. The van der Waals surface area contributed by atoms with Crippen LogP contribution in [0, 0.1) is 5.92 Å². The van der Waals surface area contributed by atoms with Gasteiger partial charge in [-0.15, -0.1) is 0 Å². The first-order valence-corrected chi connectivity index (χ1v) is 13.5. The van der Waals surface area contributed by atoms with Crippen LogP contribution < -0.4 is 10.2 Å². The first-order chi connectivity index (χ1) is 18.2. The lowest BCUT2D eigenvalue weighted by molar-refractivity contribution is -0.128. The van der Waals surface area contributed by atoms with Gasteiger partial charge in [0.2, 0.25) is 11.9 Å².